The summed E-state index contributed by atoms with van der Waals surface area (Å²) in [5, 5.41) is 0. The molecule has 2 aromatic rings. The van der Waals surface area contributed by atoms with E-state index in [1.54, 1.807) is 36.4 Å². The van der Waals surface area contributed by atoms with Crippen LogP contribution in [0.1, 0.15) is 21.5 Å². The second kappa shape index (κ2) is 7.94. The lowest BCUT2D eigenvalue weighted by Gasteiger charge is -2.05. The lowest BCUT2D eigenvalue weighted by Crippen LogP contribution is -2.12. The number of allylic oxidation sites excluding steroid dienone is 1. The van der Waals surface area contributed by atoms with Crippen molar-refractivity contribution in [1.29, 1.82) is 0 Å². The molecule has 0 bridgehead atoms. The highest BCUT2D eigenvalue weighted by molar-refractivity contribution is 6.06. The number of hydrogen-bond donors (Lipinski definition) is 0. The zero-order valence-electron chi connectivity index (χ0n) is 13.1. The van der Waals surface area contributed by atoms with Crippen molar-refractivity contribution in [2.75, 3.05) is 13.7 Å². The van der Waals surface area contributed by atoms with Crippen molar-refractivity contribution in [3.8, 4) is 5.75 Å². The Morgan fingerprint density at radius 3 is 2.39 bits per heavy atom. The summed E-state index contributed by atoms with van der Waals surface area (Å²) in [5.41, 5.74) is 2.68. The van der Waals surface area contributed by atoms with Crippen LogP contribution in [0.3, 0.4) is 0 Å². The highest BCUT2D eigenvalue weighted by Crippen LogP contribution is 2.14. The second-order valence-electron chi connectivity index (χ2n) is 4.94. The van der Waals surface area contributed by atoms with E-state index in [0.29, 0.717) is 11.3 Å². The topological polar surface area (TPSA) is 52.6 Å². The molecular formula is C19H18O4. The number of aryl methyl sites for hydroxylation is 1. The maximum atomic E-state index is 12.2. The number of carbonyl (C=O) groups is 2. The van der Waals surface area contributed by atoms with Crippen LogP contribution >= 0.6 is 0 Å². The van der Waals surface area contributed by atoms with Crippen molar-refractivity contribution in [2.45, 2.75) is 6.92 Å². The molecule has 0 radical (unpaired) electrons. The number of hydrogen-bond acceptors (Lipinski definition) is 4. The van der Waals surface area contributed by atoms with Crippen molar-refractivity contribution in [2.24, 2.45) is 0 Å². The van der Waals surface area contributed by atoms with Gasteiger partial charge in [0.15, 0.2) is 12.4 Å². The monoisotopic (exact) mass is 310 g/mol. The molecule has 0 spiro atoms. The van der Waals surface area contributed by atoms with Gasteiger partial charge in [-0.25, -0.2) is 4.79 Å². The fourth-order valence-corrected chi connectivity index (χ4v) is 1.95. The van der Waals surface area contributed by atoms with Gasteiger partial charge in [0.2, 0.25) is 0 Å². The molecule has 0 saturated carbocycles. The summed E-state index contributed by atoms with van der Waals surface area (Å²) in [6.07, 6.45) is 3.35. The molecule has 2 rings (SSSR count). The van der Waals surface area contributed by atoms with Gasteiger partial charge in [-0.05, 0) is 48.4 Å². The molecule has 0 amide bonds. The minimum Gasteiger partial charge on any atom is -0.482 e. The smallest absolute Gasteiger partial charge is 0.343 e. The van der Waals surface area contributed by atoms with Crippen molar-refractivity contribution >= 4 is 17.8 Å². The Morgan fingerprint density at radius 2 is 1.74 bits per heavy atom. The Hall–Kier alpha value is -2.88. The van der Waals surface area contributed by atoms with Gasteiger partial charge < -0.3 is 9.47 Å². The first kappa shape index (κ1) is 16.5. The van der Waals surface area contributed by atoms with Crippen LogP contribution in [0.25, 0.3) is 6.08 Å². The van der Waals surface area contributed by atoms with Crippen LogP contribution in [0.2, 0.25) is 0 Å². The third-order valence-electron chi connectivity index (χ3n) is 3.33. The van der Waals surface area contributed by atoms with Crippen molar-refractivity contribution < 1.29 is 19.1 Å². The quantitative estimate of drug-likeness (QED) is 0.466. The predicted octanol–water partition coefficient (Wildman–Crippen LogP) is 3.44. The number of carbonyl (C=O) groups excluding carboxylic acids is 2. The van der Waals surface area contributed by atoms with Crippen molar-refractivity contribution in [1.82, 2.24) is 0 Å². The lowest BCUT2D eigenvalue weighted by molar-refractivity contribution is -0.142. The Kier molecular flexibility index (Phi) is 5.69. The number of ether oxygens (including phenoxy) is 2. The summed E-state index contributed by atoms with van der Waals surface area (Å²) >= 11 is 0. The van der Waals surface area contributed by atoms with Crippen molar-refractivity contribution in [3.63, 3.8) is 0 Å². The molecule has 118 valence electrons. The van der Waals surface area contributed by atoms with Gasteiger partial charge in [0, 0.05) is 5.56 Å². The molecule has 0 aliphatic heterocycles. The first-order chi connectivity index (χ1) is 11.1. The molecule has 4 nitrogen and oxygen atoms in total. The molecular weight excluding hydrogens is 292 g/mol. The fourth-order valence-electron chi connectivity index (χ4n) is 1.95. The minimum absolute atomic E-state index is 0.0900. The summed E-state index contributed by atoms with van der Waals surface area (Å²) in [6, 6.07) is 14.5. The highest BCUT2D eigenvalue weighted by Gasteiger charge is 2.05. The standard InChI is InChI=1S/C19H18O4/c1-14-5-3-4-6-15(14)9-12-18(20)16-7-10-17(11-8-16)23-13-19(21)22-2/h3-12H,13H2,1-2H3/b12-9+. The van der Waals surface area contributed by atoms with E-state index in [1.165, 1.54) is 7.11 Å². The van der Waals surface area contributed by atoms with Gasteiger partial charge in [0.25, 0.3) is 0 Å². The van der Waals surface area contributed by atoms with Gasteiger partial charge >= 0.3 is 5.97 Å². The van der Waals surface area contributed by atoms with Gasteiger partial charge in [-0.3, -0.25) is 4.79 Å². The Labute approximate surface area is 135 Å². The van der Waals surface area contributed by atoms with Gasteiger partial charge in [0.1, 0.15) is 5.75 Å². The molecule has 0 saturated heterocycles. The molecule has 4 heteroatoms. The number of ketones is 1. The Bertz CT molecular complexity index is 714. The molecule has 0 N–H and O–H groups in total. The van der Waals surface area contributed by atoms with E-state index in [2.05, 4.69) is 4.74 Å². The van der Waals surface area contributed by atoms with Gasteiger partial charge in [-0.2, -0.15) is 0 Å². The Morgan fingerprint density at radius 1 is 1.04 bits per heavy atom. The summed E-state index contributed by atoms with van der Waals surface area (Å²) in [4.78, 5) is 23.1. The van der Waals surface area contributed by atoms with Crippen LogP contribution < -0.4 is 4.74 Å². The molecule has 0 aliphatic rings. The predicted molar refractivity (Wildman–Crippen MR) is 88.5 cm³/mol. The largest absolute Gasteiger partial charge is 0.482 e. The first-order valence-corrected chi connectivity index (χ1v) is 7.18. The van der Waals surface area contributed by atoms with Crippen LogP contribution in [-0.4, -0.2) is 25.5 Å². The summed E-state index contributed by atoms with van der Waals surface area (Å²) in [5.74, 6) is -0.0334. The van der Waals surface area contributed by atoms with E-state index in [9.17, 15) is 9.59 Å². The summed E-state index contributed by atoms with van der Waals surface area (Å²) < 4.78 is 9.72. The van der Waals surface area contributed by atoms with E-state index < -0.39 is 5.97 Å². The lowest BCUT2D eigenvalue weighted by atomic mass is 10.1. The molecule has 0 atom stereocenters. The zero-order chi connectivity index (χ0) is 16.7. The van der Waals surface area contributed by atoms with Gasteiger partial charge in [-0.1, -0.05) is 30.3 Å². The molecule has 0 fully saturated rings. The molecule has 0 aromatic heterocycles. The summed E-state index contributed by atoms with van der Waals surface area (Å²) in [7, 11) is 1.30. The molecule has 2 aromatic carbocycles. The minimum atomic E-state index is -0.452. The van der Waals surface area contributed by atoms with Crippen LogP contribution in [0.15, 0.2) is 54.6 Å². The van der Waals surface area contributed by atoms with Crippen LogP contribution in [0, 0.1) is 6.92 Å². The summed E-state index contributed by atoms with van der Waals surface area (Å²) in [6.45, 7) is 1.84. The molecule has 0 aliphatic carbocycles. The average Bonchev–Trinajstić information content (AvgIpc) is 2.59. The van der Waals surface area contributed by atoms with Crippen LogP contribution in [-0.2, 0) is 9.53 Å². The van der Waals surface area contributed by atoms with E-state index >= 15 is 0 Å². The average molecular weight is 310 g/mol. The van der Waals surface area contributed by atoms with E-state index in [1.807, 2.05) is 31.2 Å². The van der Waals surface area contributed by atoms with Crippen LogP contribution in [0.4, 0.5) is 0 Å². The maximum absolute atomic E-state index is 12.2. The third kappa shape index (κ3) is 4.81. The van der Waals surface area contributed by atoms with Gasteiger partial charge in [-0.15, -0.1) is 0 Å². The van der Waals surface area contributed by atoms with E-state index in [-0.39, 0.29) is 12.4 Å². The highest BCUT2D eigenvalue weighted by atomic mass is 16.6. The normalized spacial score (nSPS) is 10.5. The third-order valence-corrected chi connectivity index (χ3v) is 3.33. The fraction of sp³-hybridized carbons (Fsp3) is 0.158. The number of rotatable bonds is 6. The van der Waals surface area contributed by atoms with E-state index in [0.717, 1.165) is 11.1 Å². The first-order valence-electron chi connectivity index (χ1n) is 7.18. The molecule has 0 unspecified atom stereocenters. The number of benzene rings is 2. The second-order valence-corrected chi connectivity index (χ2v) is 4.94. The van der Waals surface area contributed by atoms with E-state index in [4.69, 9.17) is 4.74 Å². The number of methoxy groups -OCH3 is 1. The maximum Gasteiger partial charge on any atom is 0.343 e. The van der Waals surface area contributed by atoms with Crippen LogP contribution in [0.5, 0.6) is 5.75 Å². The van der Waals surface area contributed by atoms with Crippen molar-refractivity contribution in [3.05, 3.63) is 71.3 Å². The zero-order valence-corrected chi connectivity index (χ0v) is 13.1. The Balaban J connectivity index is 2.00. The molecule has 0 heterocycles. The van der Waals surface area contributed by atoms with Gasteiger partial charge in [0.05, 0.1) is 7.11 Å². The number of esters is 1. The SMILES string of the molecule is COC(=O)COc1ccc(C(=O)/C=C/c2ccccc2C)cc1. The molecule has 23 heavy (non-hydrogen) atoms.